The SMILES string of the molecule is CO[C@@H]1C[C@@]2(CC[C@@]3(O2)[C@@](C)(OC(C)=O)C(=O)C[C@H]2C(C)(C)CCC[C@@]23C)CO1. The van der Waals surface area contributed by atoms with E-state index >= 15 is 0 Å². The van der Waals surface area contributed by atoms with Gasteiger partial charge in [-0.05, 0) is 43.9 Å². The molecule has 0 N–H and O–H groups in total. The van der Waals surface area contributed by atoms with Crippen molar-refractivity contribution in [2.45, 2.75) is 103 Å². The minimum atomic E-state index is -1.29. The third-order valence-corrected chi connectivity index (χ3v) is 8.85. The van der Waals surface area contributed by atoms with Crippen LogP contribution in [0.5, 0.6) is 0 Å². The molecule has 6 nitrogen and oxygen atoms in total. The third kappa shape index (κ3) is 2.78. The van der Waals surface area contributed by atoms with Gasteiger partial charge in [0.15, 0.2) is 17.7 Å². The molecule has 0 amide bonds. The number of esters is 1. The summed E-state index contributed by atoms with van der Waals surface area (Å²) in [7, 11) is 1.64. The molecule has 6 heteroatoms. The Morgan fingerprint density at radius 2 is 1.83 bits per heavy atom. The molecule has 0 aromatic rings. The van der Waals surface area contributed by atoms with Gasteiger partial charge in [-0.15, -0.1) is 0 Å². The van der Waals surface area contributed by atoms with Crippen molar-refractivity contribution in [1.29, 1.82) is 0 Å². The number of methoxy groups -OCH3 is 1. The highest BCUT2D eigenvalue weighted by molar-refractivity contribution is 5.92. The van der Waals surface area contributed by atoms with Crippen molar-refractivity contribution in [3.8, 4) is 0 Å². The highest BCUT2D eigenvalue weighted by Gasteiger charge is 2.76. The molecule has 2 aliphatic carbocycles. The second-order valence-corrected chi connectivity index (χ2v) is 10.9. The van der Waals surface area contributed by atoms with Crippen LogP contribution in [0.2, 0.25) is 0 Å². The Kier molecular flexibility index (Phi) is 4.77. The summed E-state index contributed by atoms with van der Waals surface area (Å²) in [5, 5.41) is 0. The highest BCUT2D eigenvalue weighted by Crippen LogP contribution is 2.69. The summed E-state index contributed by atoms with van der Waals surface area (Å²) in [6.45, 7) is 10.4. The largest absolute Gasteiger partial charge is 0.448 e. The lowest BCUT2D eigenvalue weighted by atomic mass is 9.43. The molecule has 0 bridgehead atoms. The molecule has 4 fully saturated rings. The maximum absolute atomic E-state index is 13.6. The van der Waals surface area contributed by atoms with E-state index in [1.165, 1.54) is 6.92 Å². The first-order valence-electron chi connectivity index (χ1n) is 11.0. The van der Waals surface area contributed by atoms with E-state index in [9.17, 15) is 9.59 Å². The second-order valence-electron chi connectivity index (χ2n) is 10.9. The first-order valence-corrected chi connectivity index (χ1v) is 11.0. The van der Waals surface area contributed by atoms with Crippen molar-refractivity contribution < 1.29 is 28.5 Å². The van der Waals surface area contributed by atoms with Crippen LogP contribution < -0.4 is 0 Å². The maximum Gasteiger partial charge on any atom is 0.303 e. The van der Waals surface area contributed by atoms with E-state index < -0.39 is 22.8 Å². The van der Waals surface area contributed by atoms with Crippen molar-refractivity contribution in [2.75, 3.05) is 13.7 Å². The fourth-order valence-corrected chi connectivity index (χ4v) is 7.36. The Morgan fingerprint density at radius 3 is 2.45 bits per heavy atom. The molecule has 0 unspecified atom stereocenters. The van der Waals surface area contributed by atoms with Crippen molar-refractivity contribution in [3.63, 3.8) is 0 Å². The third-order valence-electron chi connectivity index (χ3n) is 8.85. The van der Waals surface area contributed by atoms with Crippen LogP contribution in [0, 0.1) is 16.7 Å². The van der Waals surface area contributed by atoms with Gasteiger partial charge in [0, 0.05) is 32.3 Å². The Labute approximate surface area is 174 Å². The first-order chi connectivity index (χ1) is 13.4. The summed E-state index contributed by atoms with van der Waals surface area (Å²) < 4.78 is 24.1. The van der Waals surface area contributed by atoms with Crippen LogP contribution in [-0.2, 0) is 28.5 Å². The van der Waals surface area contributed by atoms with Crippen molar-refractivity contribution >= 4 is 11.8 Å². The van der Waals surface area contributed by atoms with Gasteiger partial charge in [-0.2, -0.15) is 0 Å². The molecule has 0 aromatic heterocycles. The number of ether oxygens (including phenoxy) is 4. The Balaban J connectivity index is 1.83. The number of fused-ring (bicyclic) bond motifs is 2. The molecular formula is C23H36O6. The van der Waals surface area contributed by atoms with Crippen LogP contribution in [0.3, 0.4) is 0 Å². The number of Topliss-reactive ketones (excluding diaryl/α,β-unsaturated/α-hetero) is 1. The molecule has 164 valence electrons. The van der Waals surface area contributed by atoms with Gasteiger partial charge in [0.2, 0.25) is 0 Å². The van der Waals surface area contributed by atoms with Gasteiger partial charge in [0.25, 0.3) is 0 Å². The molecule has 0 aromatic carbocycles. The van der Waals surface area contributed by atoms with Gasteiger partial charge >= 0.3 is 5.97 Å². The fourth-order valence-electron chi connectivity index (χ4n) is 7.36. The van der Waals surface area contributed by atoms with Gasteiger partial charge in [0.1, 0.15) is 5.60 Å². The molecule has 6 atom stereocenters. The van der Waals surface area contributed by atoms with E-state index in [0.29, 0.717) is 25.9 Å². The lowest BCUT2D eigenvalue weighted by molar-refractivity contribution is -0.286. The van der Waals surface area contributed by atoms with Crippen LogP contribution in [0.4, 0.5) is 0 Å². The Morgan fingerprint density at radius 1 is 1.10 bits per heavy atom. The van der Waals surface area contributed by atoms with Crippen molar-refractivity contribution in [2.24, 2.45) is 16.7 Å². The number of carbonyl (C=O) groups excluding carboxylic acids is 2. The second kappa shape index (κ2) is 6.51. The molecule has 2 heterocycles. The van der Waals surface area contributed by atoms with E-state index in [0.717, 1.165) is 25.7 Å². The molecule has 29 heavy (non-hydrogen) atoms. The summed E-state index contributed by atoms with van der Waals surface area (Å²) >= 11 is 0. The minimum absolute atomic E-state index is 0.00981. The zero-order chi connectivity index (χ0) is 21.3. The van der Waals surface area contributed by atoms with E-state index in [1.54, 1.807) is 14.0 Å². The van der Waals surface area contributed by atoms with Gasteiger partial charge in [0.05, 0.1) is 12.2 Å². The zero-order valence-corrected chi connectivity index (χ0v) is 18.8. The summed E-state index contributed by atoms with van der Waals surface area (Å²) in [4.78, 5) is 25.7. The molecule has 4 aliphatic rings. The maximum atomic E-state index is 13.6. The van der Waals surface area contributed by atoms with Crippen LogP contribution in [0.15, 0.2) is 0 Å². The van der Waals surface area contributed by atoms with Crippen molar-refractivity contribution in [3.05, 3.63) is 0 Å². The molecule has 2 aliphatic heterocycles. The zero-order valence-electron chi connectivity index (χ0n) is 18.8. The molecule has 0 radical (unpaired) electrons. The normalized spacial score (nSPS) is 48.8. The predicted octanol–water partition coefficient (Wildman–Crippen LogP) is 3.79. The van der Waals surface area contributed by atoms with Crippen LogP contribution in [0.25, 0.3) is 0 Å². The Bertz CT molecular complexity index is 718. The Hall–Kier alpha value is -0.980. The number of hydrogen-bond acceptors (Lipinski definition) is 6. The van der Waals surface area contributed by atoms with Gasteiger partial charge in [-0.1, -0.05) is 27.2 Å². The standard InChI is InChI=1S/C23H36O6/c1-15(24)28-21(5)17(25)12-16-19(2,3)8-7-9-20(16,4)23(21)11-10-22(29-23)13-18(26-6)27-14-22/h16,18H,7-14H2,1-6H3/t16-,18-,20-,21-,22-,23-/m0/s1. The van der Waals surface area contributed by atoms with E-state index in [4.69, 9.17) is 18.9 Å². The molecule has 4 rings (SSSR count). The lowest BCUT2D eigenvalue weighted by Gasteiger charge is -2.65. The van der Waals surface area contributed by atoms with Crippen molar-refractivity contribution in [1.82, 2.24) is 0 Å². The number of ketones is 1. The first kappa shape index (κ1) is 21.3. The topological polar surface area (TPSA) is 71.1 Å². The van der Waals surface area contributed by atoms with Crippen LogP contribution >= 0.6 is 0 Å². The van der Waals surface area contributed by atoms with Gasteiger partial charge in [-0.3, -0.25) is 9.59 Å². The smallest absolute Gasteiger partial charge is 0.303 e. The van der Waals surface area contributed by atoms with E-state index in [-0.39, 0.29) is 28.8 Å². The number of hydrogen-bond donors (Lipinski definition) is 0. The van der Waals surface area contributed by atoms with Crippen LogP contribution in [0.1, 0.15) is 79.6 Å². The van der Waals surface area contributed by atoms with Crippen LogP contribution in [-0.4, -0.2) is 48.6 Å². The molecule has 2 spiro atoms. The quantitative estimate of drug-likeness (QED) is 0.648. The lowest BCUT2D eigenvalue weighted by Crippen LogP contribution is -2.74. The number of rotatable bonds is 2. The van der Waals surface area contributed by atoms with E-state index in [2.05, 4.69) is 20.8 Å². The average Bonchev–Trinajstić information content (AvgIpc) is 3.21. The summed E-state index contributed by atoms with van der Waals surface area (Å²) in [6.07, 6.45) is 5.39. The summed E-state index contributed by atoms with van der Waals surface area (Å²) in [6, 6.07) is 0. The van der Waals surface area contributed by atoms with E-state index in [1.807, 2.05) is 0 Å². The van der Waals surface area contributed by atoms with Gasteiger partial charge < -0.3 is 18.9 Å². The average molecular weight is 409 g/mol. The van der Waals surface area contributed by atoms with Gasteiger partial charge in [-0.25, -0.2) is 0 Å². The molecule has 2 saturated heterocycles. The number of carbonyl (C=O) groups is 2. The molecule has 2 saturated carbocycles. The molecular weight excluding hydrogens is 372 g/mol. The summed E-state index contributed by atoms with van der Waals surface area (Å²) in [5.74, 6) is -0.251. The minimum Gasteiger partial charge on any atom is -0.448 e. The highest BCUT2D eigenvalue weighted by atomic mass is 16.7. The fraction of sp³-hybridized carbons (Fsp3) is 0.913. The monoisotopic (exact) mass is 408 g/mol. The predicted molar refractivity (Wildman–Crippen MR) is 106 cm³/mol. The summed E-state index contributed by atoms with van der Waals surface area (Å²) in [5.41, 5.74) is -2.86.